The van der Waals surface area contributed by atoms with Crippen molar-refractivity contribution in [2.75, 3.05) is 0 Å². The van der Waals surface area contributed by atoms with Crippen molar-refractivity contribution in [2.45, 2.75) is 0 Å². The van der Waals surface area contributed by atoms with Gasteiger partial charge in [-0.15, -0.1) is 0 Å². The summed E-state index contributed by atoms with van der Waals surface area (Å²) in [5, 5.41) is 3.97. The topological polar surface area (TPSA) is 60.7 Å². The minimum atomic E-state index is 0. The molecule has 0 aliphatic carbocycles. The largest absolute Gasteiger partial charge is 0.237 e. The Hall–Kier alpha value is -1.42. The van der Waals surface area contributed by atoms with Crippen LogP contribution >= 0.6 is 0 Å². The molecule has 0 aliphatic heterocycles. The van der Waals surface area contributed by atoms with Crippen LogP contribution in [0, 0.1) is 0 Å². The van der Waals surface area contributed by atoms with Gasteiger partial charge in [0.15, 0.2) is 5.65 Å². The van der Waals surface area contributed by atoms with Gasteiger partial charge in [0, 0.05) is 24.6 Å². The van der Waals surface area contributed by atoms with E-state index in [2.05, 4.69) is 10.1 Å². The molecule has 49 valence electrons. The van der Waals surface area contributed by atoms with E-state index in [0.29, 0.717) is 0 Å². The van der Waals surface area contributed by atoms with Crippen LogP contribution in [0.1, 0.15) is 0 Å². The van der Waals surface area contributed by atoms with Crippen molar-refractivity contribution in [2.24, 2.45) is 0 Å². The Morgan fingerprint density at radius 1 is 1.30 bits per heavy atom. The minimum Gasteiger partial charge on any atom is -0.237 e. The van der Waals surface area contributed by atoms with E-state index in [4.69, 9.17) is 0 Å². The van der Waals surface area contributed by atoms with Gasteiger partial charge >= 0.3 is 0 Å². The van der Waals surface area contributed by atoms with Gasteiger partial charge in [-0.1, -0.05) is 0 Å². The molecule has 0 fully saturated rings. The van der Waals surface area contributed by atoms with Crippen molar-refractivity contribution < 1.29 is 0 Å². The first-order valence-corrected chi connectivity index (χ1v) is 2.71. The maximum Gasteiger partial charge on any atom is 0.154 e. The molecule has 0 aliphatic rings. The van der Waals surface area contributed by atoms with E-state index >= 15 is 0 Å². The molecule has 4 nitrogen and oxygen atoms in total. The van der Waals surface area contributed by atoms with Crippen molar-refractivity contribution in [3.63, 3.8) is 0 Å². The monoisotopic (exact) mass is 133 g/mol. The van der Waals surface area contributed by atoms with E-state index in [1.165, 1.54) is 0 Å². The molecule has 2 heterocycles. The summed E-state index contributed by atoms with van der Waals surface area (Å²) in [6.45, 7) is 0. The summed E-state index contributed by atoms with van der Waals surface area (Å²) in [5.74, 6) is 0. The number of hydrogen-bond acceptors (Lipinski definition) is 2. The van der Waals surface area contributed by atoms with Crippen molar-refractivity contribution in [3.8, 4) is 0 Å². The van der Waals surface area contributed by atoms with Crippen LogP contribution in [0.25, 0.3) is 5.65 Å². The third-order valence-corrected chi connectivity index (χ3v) is 1.17. The van der Waals surface area contributed by atoms with E-state index in [-0.39, 0.29) is 6.15 Å². The second-order valence-corrected chi connectivity index (χ2v) is 1.75. The highest BCUT2D eigenvalue weighted by Gasteiger charge is 1.86. The molecular weight excluding hydrogens is 128 g/mol. The summed E-state index contributed by atoms with van der Waals surface area (Å²) in [6, 6.07) is 3.71. The van der Waals surface area contributed by atoms with E-state index in [0.717, 1.165) is 5.65 Å². The first-order chi connectivity index (χ1) is 4.47. The van der Waals surface area contributed by atoms with Gasteiger partial charge in [-0.25, -0.2) is 9.50 Å². The third-order valence-electron chi connectivity index (χ3n) is 1.17. The summed E-state index contributed by atoms with van der Waals surface area (Å²) < 4.78 is 1.72. The molecule has 0 bridgehead atoms. The predicted octanol–water partition coefficient (Wildman–Crippen LogP) is 0.249. The van der Waals surface area contributed by atoms with E-state index in [1.807, 2.05) is 18.3 Å². The predicted molar refractivity (Wildman–Crippen MR) is 35.1 cm³/mol. The van der Waals surface area contributed by atoms with Gasteiger partial charge in [0.2, 0.25) is 0 Å². The van der Waals surface area contributed by atoms with Crippen molar-refractivity contribution >= 4 is 5.65 Å². The number of nitrogens with zero attached hydrogens (tertiary/aromatic N) is 4. The molecule has 10 heavy (non-hydrogen) atoms. The fourth-order valence-electron chi connectivity index (χ4n) is 0.764. The van der Waals surface area contributed by atoms with Gasteiger partial charge < -0.3 is 0 Å². The average molecular weight is 133 g/mol. The fraction of sp³-hybridized carbons (Fsp3) is 0. The van der Waals surface area contributed by atoms with Gasteiger partial charge in [0.05, 0.1) is 6.20 Å². The third kappa shape index (κ3) is 0.844. The molecule has 0 saturated carbocycles. The minimum absolute atomic E-state index is 0. The molecule has 4 heteroatoms. The fourth-order valence-corrected chi connectivity index (χ4v) is 0.764. The molecule has 0 spiro atoms. The molecule has 0 saturated heterocycles. The lowest BCUT2D eigenvalue weighted by molar-refractivity contribution is 0.939. The van der Waals surface area contributed by atoms with Crippen LogP contribution in [0.5, 0.6) is 0 Å². The molecule has 3 radical (unpaired) electrons. The second-order valence-electron chi connectivity index (χ2n) is 1.75. The zero-order valence-electron chi connectivity index (χ0n) is 5.18. The number of rotatable bonds is 0. The zero-order chi connectivity index (χ0) is 6.10. The van der Waals surface area contributed by atoms with E-state index < -0.39 is 0 Å². The maximum absolute atomic E-state index is 4.04. The van der Waals surface area contributed by atoms with Crippen LogP contribution in [0.2, 0.25) is 0 Å². The van der Waals surface area contributed by atoms with Gasteiger partial charge in [0.1, 0.15) is 0 Å². The highest BCUT2D eigenvalue weighted by atomic mass is 15.2. The Labute approximate surface area is 58.1 Å². The zero-order valence-corrected chi connectivity index (χ0v) is 5.18. The van der Waals surface area contributed by atoms with Crippen molar-refractivity contribution in [1.29, 1.82) is 0 Å². The molecule has 0 N–H and O–H groups in total. The highest BCUT2D eigenvalue weighted by molar-refractivity contribution is 5.33. The number of hydrogen-bond donors (Lipinski definition) is 0. The summed E-state index contributed by atoms with van der Waals surface area (Å²) >= 11 is 0. The molecule has 2 aromatic heterocycles. The normalized spacial score (nSPS) is 9.20. The molecule has 0 atom stereocenters. The average Bonchev–Trinajstić information content (AvgIpc) is 2.33. The standard InChI is InChI=1S/C6H5N3.N/c1-3-7-6-2-4-8-9(6)5-1;/h1-5H;. The van der Waals surface area contributed by atoms with E-state index in [1.54, 1.807) is 16.9 Å². The quantitative estimate of drug-likeness (QED) is 0.517. The van der Waals surface area contributed by atoms with Crippen molar-refractivity contribution in [3.05, 3.63) is 30.7 Å². The van der Waals surface area contributed by atoms with Crippen LogP contribution in [0.4, 0.5) is 0 Å². The molecule has 0 unspecified atom stereocenters. The van der Waals surface area contributed by atoms with Crippen LogP contribution in [0.15, 0.2) is 30.7 Å². The Balaban J connectivity index is 0.000000500. The summed E-state index contributed by atoms with van der Waals surface area (Å²) in [7, 11) is 0. The molecule has 0 aromatic carbocycles. The second kappa shape index (κ2) is 2.45. The van der Waals surface area contributed by atoms with Crippen LogP contribution in [-0.2, 0) is 0 Å². The molecule has 2 aromatic rings. The molecule has 0 amide bonds. The lowest BCUT2D eigenvalue weighted by Gasteiger charge is -1.85. The Morgan fingerprint density at radius 2 is 2.20 bits per heavy atom. The van der Waals surface area contributed by atoms with Crippen LogP contribution < -0.4 is 6.15 Å². The highest BCUT2D eigenvalue weighted by Crippen LogP contribution is 1.93. The van der Waals surface area contributed by atoms with Gasteiger partial charge in [-0.3, -0.25) is 0 Å². The lowest BCUT2D eigenvalue weighted by Crippen LogP contribution is -1.85. The first kappa shape index (κ1) is 6.70. The first-order valence-electron chi connectivity index (χ1n) is 2.71. The van der Waals surface area contributed by atoms with Crippen LogP contribution in [0.3, 0.4) is 0 Å². The number of aromatic nitrogens is 3. The Morgan fingerprint density at radius 3 is 3.00 bits per heavy atom. The Bertz CT molecular complexity index is 284. The molecule has 2 rings (SSSR count). The molecular formula is C6H5N4. The Kier molecular flexibility index (Phi) is 1.64. The maximum atomic E-state index is 4.04. The van der Waals surface area contributed by atoms with Gasteiger partial charge in [0.25, 0.3) is 0 Å². The van der Waals surface area contributed by atoms with E-state index in [9.17, 15) is 0 Å². The summed E-state index contributed by atoms with van der Waals surface area (Å²) in [5.41, 5.74) is 0.887. The number of fused-ring (bicyclic) bond motifs is 1. The van der Waals surface area contributed by atoms with Gasteiger partial charge in [-0.05, 0) is 6.07 Å². The lowest BCUT2D eigenvalue weighted by atomic mass is 10.6. The SMILES string of the molecule is [N].c1cnc2ccnn2c1. The van der Waals surface area contributed by atoms with Gasteiger partial charge in [-0.2, -0.15) is 5.10 Å². The summed E-state index contributed by atoms with van der Waals surface area (Å²) in [6.07, 6.45) is 5.34. The smallest absolute Gasteiger partial charge is 0.154 e. The van der Waals surface area contributed by atoms with Crippen LogP contribution in [-0.4, -0.2) is 14.6 Å². The summed E-state index contributed by atoms with van der Waals surface area (Å²) in [4.78, 5) is 4.04. The van der Waals surface area contributed by atoms with Crippen molar-refractivity contribution in [1.82, 2.24) is 20.7 Å².